The number of hydrogen-bond acceptors (Lipinski definition) is 4. The molecule has 0 fully saturated rings. The van der Waals surface area contributed by atoms with Crippen molar-refractivity contribution in [2.24, 2.45) is 0 Å². The molecule has 0 radical (unpaired) electrons. The second-order valence-corrected chi connectivity index (χ2v) is 6.86. The normalized spacial score (nSPS) is 11.7. The third-order valence-corrected chi connectivity index (χ3v) is 5.00. The average Bonchev–Trinajstić information content (AvgIpc) is 2.47. The minimum Gasteiger partial charge on any atom is -0.397 e. The van der Waals surface area contributed by atoms with Gasteiger partial charge in [0.25, 0.3) is 0 Å². The molecular formula is C15H11ClN2O2S. The van der Waals surface area contributed by atoms with E-state index in [1.165, 1.54) is 18.2 Å². The predicted molar refractivity (Wildman–Crippen MR) is 83.1 cm³/mol. The Hall–Kier alpha value is -2.11. The average molecular weight is 319 g/mol. The Morgan fingerprint density at radius 1 is 1.00 bits per heavy atom. The number of hydrogen-bond donors (Lipinski definition) is 1. The second kappa shape index (κ2) is 5.02. The van der Waals surface area contributed by atoms with Crippen LogP contribution in [-0.4, -0.2) is 13.4 Å². The largest absolute Gasteiger partial charge is 0.397 e. The minimum atomic E-state index is -3.72. The highest BCUT2D eigenvalue weighted by molar-refractivity contribution is 7.91. The first-order chi connectivity index (χ1) is 9.98. The molecule has 0 unspecified atom stereocenters. The maximum Gasteiger partial charge on any atom is 0.223 e. The van der Waals surface area contributed by atoms with E-state index in [9.17, 15) is 8.42 Å². The molecule has 3 rings (SSSR count). The highest BCUT2D eigenvalue weighted by atomic mass is 35.5. The molecule has 4 nitrogen and oxygen atoms in total. The van der Waals surface area contributed by atoms with Crippen molar-refractivity contribution in [1.29, 1.82) is 0 Å². The number of pyridine rings is 1. The Labute approximate surface area is 127 Å². The Bertz CT molecular complexity index is 939. The molecule has 2 N–H and O–H groups in total. The summed E-state index contributed by atoms with van der Waals surface area (Å²) in [5.74, 6) is 0. The van der Waals surface area contributed by atoms with Gasteiger partial charge in [-0.05, 0) is 36.4 Å². The van der Waals surface area contributed by atoms with Crippen LogP contribution in [0.2, 0.25) is 5.02 Å². The van der Waals surface area contributed by atoms with Gasteiger partial charge in [-0.3, -0.25) is 0 Å². The van der Waals surface area contributed by atoms with Gasteiger partial charge in [0.15, 0.2) is 5.03 Å². The monoisotopic (exact) mass is 318 g/mol. The van der Waals surface area contributed by atoms with E-state index in [4.69, 9.17) is 17.3 Å². The van der Waals surface area contributed by atoms with E-state index >= 15 is 0 Å². The van der Waals surface area contributed by atoms with Crippen molar-refractivity contribution < 1.29 is 8.42 Å². The predicted octanol–water partition coefficient (Wildman–Crippen LogP) is 3.30. The van der Waals surface area contributed by atoms with Crippen LogP contribution in [0.3, 0.4) is 0 Å². The molecule has 1 heterocycles. The number of nitrogen functional groups attached to an aromatic ring is 1. The van der Waals surface area contributed by atoms with E-state index in [-0.39, 0.29) is 9.92 Å². The molecule has 0 aliphatic rings. The van der Waals surface area contributed by atoms with Crippen LogP contribution in [0.1, 0.15) is 0 Å². The zero-order valence-corrected chi connectivity index (χ0v) is 12.4. The van der Waals surface area contributed by atoms with Crippen LogP contribution >= 0.6 is 11.6 Å². The topological polar surface area (TPSA) is 73.1 Å². The summed E-state index contributed by atoms with van der Waals surface area (Å²) < 4.78 is 25.2. The number of nitrogens with zero attached hydrogens (tertiary/aromatic N) is 1. The van der Waals surface area contributed by atoms with Crippen molar-refractivity contribution in [3.8, 4) is 0 Å². The van der Waals surface area contributed by atoms with Gasteiger partial charge in [-0.25, -0.2) is 13.4 Å². The van der Waals surface area contributed by atoms with Crippen LogP contribution in [-0.2, 0) is 9.84 Å². The molecule has 2 aromatic carbocycles. The highest BCUT2D eigenvalue weighted by Gasteiger charge is 2.20. The number of para-hydroxylation sites is 1. The van der Waals surface area contributed by atoms with E-state index in [1.807, 2.05) is 6.07 Å². The van der Waals surface area contributed by atoms with Crippen molar-refractivity contribution in [3.63, 3.8) is 0 Å². The number of sulfone groups is 1. The molecule has 0 aliphatic carbocycles. The first kappa shape index (κ1) is 13.9. The Kier molecular flexibility index (Phi) is 3.31. The lowest BCUT2D eigenvalue weighted by Crippen LogP contribution is -2.05. The van der Waals surface area contributed by atoms with E-state index in [0.29, 0.717) is 16.2 Å². The fourth-order valence-corrected chi connectivity index (χ4v) is 3.55. The third kappa shape index (κ3) is 2.46. The number of fused-ring (bicyclic) bond motifs is 1. The van der Waals surface area contributed by atoms with Crippen LogP contribution < -0.4 is 5.73 Å². The summed E-state index contributed by atoms with van der Waals surface area (Å²) in [5, 5.41) is 1.10. The van der Waals surface area contributed by atoms with Crippen LogP contribution in [0.4, 0.5) is 5.69 Å². The minimum absolute atomic E-state index is 0.0461. The summed E-state index contributed by atoms with van der Waals surface area (Å²) >= 11 is 5.85. The summed E-state index contributed by atoms with van der Waals surface area (Å²) in [6.45, 7) is 0. The summed E-state index contributed by atoms with van der Waals surface area (Å²) in [7, 11) is -3.72. The van der Waals surface area contributed by atoms with E-state index < -0.39 is 9.84 Å². The van der Waals surface area contributed by atoms with Gasteiger partial charge >= 0.3 is 0 Å². The van der Waals surface area contributed by atoms with Crippen LogP contribution in [0, 0.1) is 0 Å². The molecule has 0 saturated carbocycles. The lowest BCUT2D eigenvalue weighted by molar-refractivity contribution is 0.593. The number of nitrogens with two attached hydrogens (primary N) is 1. The van der Waals surface area contributed by atoms with Gasteiger partial charge in [0.05, 0.1) is 16.1 Å². The number of rotatable bonds is 2. The van der Waals surface area contributed by atoms with Crippen LogP contribution in [0.5, 0.6) is 0 Å². The number of halogens is 1. The third-order valence-electron chi connectivity index (χ3n) is 3.11. The van der Waals surface area contributed by atoms with E-state index in [0.717, 1.165) is 5.39 Å². The molecular weight excluding hydrogens is 308 g/mol. The van der Waals surface area contributed by atoms with Crippen molar-refractivity contribution in [2.75, 3.05) is 5.73 Å². The lowest BCUT2D eigenvalue weighted by Gasteiger charge is -2.07. The van der Waals surface area contributed by atoms with E-state index in [2.05, 4.69) is 4.98 Å². The lowest BCUT2D eigenvalue weighted by atomic mass is 10.2. The van der Waals surface area contributed by atoms with Gasteiger partial charge in [-0.1, -0.05) is 29.8 Å². The van der Waals surface area contributed by atoms with Gasteiger partial charge < -0.3 is 5.73 Å². The fraction of sp³-hybridized carbons (Fsp3) is 0. The molecule has 0 atom stereocenters. The van der Waals surface area contributed by atoms with Gasteiger partial charge in [-0.2, -0.15) is 0 Å². The molecule has 6 heteroatoms. The molecule has 0 bridgehead atoms. The molecule has 21 heavy (non-hydrogen) atoms. The van der Waals surface area contributed by atoms with E-state index in [1.54, 1.807) is 30.3 Å². The number of benzene rings is 2. The summed E-state index contributed by atoms with van der Waals surface area (Å²) in [6, 6.07) is 14.6. The van der Waals surface area contributed by atoms with Crippen LogP contribution in [0.15, 0.2) is 64.5 Å². The molecule has 1 aromatic heterocycles. The maximum atomic E-state index is 12.6. The quantitative estimate of drug-likeness (QED) is 0.736. The standard InChI is InChI=1S/C15H11ClN2O2S/c16-11-4-2-5-12(9-11)21(19,20)14-8-7-10-3-1-6-13(17)15(10)18-14/h1-9H,17H2. The SMILES string of the molecule is Nc1cccc2ccc(S(=O)(=O)c3cccc(Cl)c3)nc12. The highest BCUT2D eigenvalue weighted by Crippen LogP contribution is 2.25. The first-order valence-electron chi connectivity index (χ1n) is 6.14. The van der Waals surface area contributed by atoms with Crippen molar-refractivity contribution >= 4 is 38.0 Å². The summed E-state index contributed by atoms with van der Waals surface area (Å²) in [4.78, 5) is 4.30. The number of aromatic nitrogens is 1. The second-order valence-electron chi connectivity index (χ2n) is 4.53. The van der Waals surface area contributed by atoms with Gasteiger partial charge in [0.1, 0.15) is 0 Å². The maximum absolute atomic E-state index is 12.6. The van der Waals surface area contributed by atoms with Gasteiger partial charge in [0, 0.05) is 10.4 Å². The molecule has 0 saturated heterocycles. The van der Waals surface area contributed by atoms with Gasteiger partial charge in [-0.15, -0.1) is 0 Å². The van der Waals surface area contributed by atoms with Crippen molar-refractivity contribution in [3.05, 3.63) is 59.6 Å². The Balaban J connectivity index is 2.22. The van der Waals surface area contributed by atoms with Gasteiger partial charge in [0.2, 0.25) is 9.84 Å². The molecule has 0 spiro atoms. The Morgan fingerprint density at radius 3 is 2.52 bits per heavy atom. The summed E-state index contributed by atoms with van der Waals surface area (Å²) in [6.07, 6.45) is 0. The Morgan fingerprint density at radius 2 is 1.76 bits per heavy atom. The zero-order chi connectivity index (χ0) is 15.0. The molecule has 3 aromatic rings. The van der Waals surface area contributed by atoms with Crippen molar-refractivity contribution in [2.45, 2.75) is 9.92 Å². The first-order valence-corrected chi connectivity index (χ1v) is 8.00. The van der Waals surface area contributed by atoms with Crippen molar-refractivity contribution in [1.82, 2.24) is 4.98 Å². The molecule has 106 valence electrons. The molecule has 0 amide bonds. The fourth-order valence-electron chi connectivity index (χ4n) is 2.06. The number of anilines is 1. The summed E-state index contributed by atoms with van der Waals surface area (Å²) in [5.41, 5.74) is 6.77. The molecule has 0 aliphatic heterocycles. The smallest absolute Gasteiger partial charge is 0.223 e. The van der Waals surface area contributed by atoms with Crippen LogP contribution in [0.25, 0.3) is 10.9 Å². The zero-order valence-electron chi connectivity index (χ0n) is 10.8.